The molecule has 1 unspecified atom stereocenters. The molecular weight excluding hydrogens is 198 g/mol. The van der Waals surface area contributed by atoms with Gasteiger partial charge < -0.3 is 10.4 Å². The van der Waals surface area contributed by atoms with Crippen molar-refractivity contribution < 1.29 is 14.7 Å². The molecule has 2 N–H and O–H groups in total. The van der Waals surface area contributed by atoms with E-state index in [0.717, 1.165) is 0 Å². The molecule has 0 saturated carbocycles. The van der Waals surface area contributed by atoms with Gasteiger partial charge in [-0.2, -0.15) is 0 Å². The lowest BCUT2D eigenvalue weighted by atomic mass is 10.1. The van der Waals surface area contributed by atoms with Crippen LogP contribution < -0.4 is 5.32 Å². The normalized spacial score (nSPS) is 11.8. The minimum absolute atomic E-state index is 0.150. The van der Waals surface area contributed by atoms with Crippen LogP contribution in [0.5, 0.6) is 0 Å². The number of nitrogens with zero attached hydrogens (tertiary/aromatic N) is 2. The van der Waals surface area contributed by atoms with Crippen LogP contribution in [0.3, 0.4) is 0 Å². The van der Waals surface area contributed by atoms with Gasteiger partial charge in [0.1, 0.15) is 12.4 Å². The van der Waals surface area contributed by atoms with Gasteiger partial charge in [-0.25, -0.2) is 14.8 Å². The van der Waals surface area contributed by atoms with E-state index in [-0.39, 0.29) is 12.3 Å². The van der Waals surface area contributed by atoms with E-state index in [0.29, 0.717) is 5.69 Å². The Bertz CT molecular complexity index is 353. The van der Waals surface area contributed by atoms with Gasteiger partial charge in [0.05, 0.1) is 0 Å². The number of nitrogens with one attached hydrogen (secondary N) is 1. The maximum absolute atomic E-state index is 10.8. The fraction of sp³-hybridized carbons (Fsp3) is 0.333. The molecule has 1 atom stereocenters. The van der Waals surface area contributed by atoms with Crippen molar-refractivity contribution in [2.24, 2.45) is 0 Å². The van der Waals surface area contributed by atoms with Crippen molar-refractivity contribution >= 4 is 11.9 Å². The number of aliphatic carboxylic acids is 1. The summed E-state index contributed by atoms with van der Waals surface area (Å²) in [6.07, 6.45) is 3.01. The molecule has 0 saturated heterocycles. The number of carbonyl (C=O) groups is 2. The van der Waals surface area contributed by atoms with Crippen molar-refractivity contribution in [1.29, 1.82) is 0 Å². The Labute approximate surface area is 86.4 Å². The van der Waals surface area contributed by atoms with Crippen LogP contribution in [0.1, 0.15) is 12.6 Å². The van der Waals surface area contributed by atoms with Crippen molar-refractivity contribution in [1.82, 2.24) is 15.3 Å². The average Bonchev–Trinajstić information content (AvgIpc) is 2.17. The summed E-state index contributed by atoms with van der Waals surface area (Å²) in [5.41, 5.74) is 0.575. The SMILES string of the molecule is CC(=O)NC(Cc1ccncn1)C(=O)O. The molecule has 1 aromatic rings. The summed E-state index contributed by atoms with van der Waals surface area (Å²) in [5.74, 6) is -1.46. The van der Waals surface area contributed by atoms with E-state index >= 15 is 0 Å². The molecule has 0 aliphatic rings. The number of hydrogen-bond donors (Lipinski definition) is 2. The van der Waals surface area contributed by atoms with E-state index in [1.807, 2.05) is 0 Å². The molecule has 15 heavy (non-hydrogen) atoms. The van der Waals surface area contributed by atoms with E-state index in [1.54, 1.807) is 6.07 Å². The highest BCUT2D eigenvalue weighted by molar-refractivity contribution is 5.82. The van der Waals surface area contributed by atoms with Crippen molar-refractivity contribution in [2.75, 3.05) is 0 Å². The lowest BCUT2D eigenvalue weighted by Gasteiger charge is -2.11. The summed E-state index contributed by atoms with van der Waals surface area (Å²) < 4.78 is 0. The third-order valence-electron chi connectivity index (χ3n) is 1.73. The quantitative estimate of drug-likeness (QED) is 0.704. The van der Waals surface area contributed by atoms with Gasteiger partial charge in [0.15, 0.2) is 0 Å². The molecule has 0 aliphatic carbocycles. The lowest BCUT2D eigenvalue weighted by molar-refractivity contribution is -0.141. The van der Waals surface area contributed by atoms with Gasteiger partial charge in [-0.1, -0.05) is 0 Å². The largest absolute Gasteiger partial charge is 0.480 e. The second-order valence-electron chi connectivity index (χ2n) is 3.00. The minimum Gasteiger partial charge on any atom is -0.480 e. The van der Waals surface area contributed by atoms with E-state index in [1.165, 1.54) is 19.4 Å². The Morgan fingerprint density at radius 2 is 2.33 bits per heavy atom. The van der Waals surface area contributed by atoms with Crippen LogP contribution >= 0.6 is 0 Å². The summed E-state index contributed by atoms with van der Waals surface area (Å²) in [7, 11) is 0. The van der Waals surface area contributed by atoms with Crippen LogP contribution in [-0.4, -0.2) is 33.0 Å². The Hall–Kier alpha value is -1.98. The number of carboxylic acid groups (broad SMARTS) is 1. The van der Waals surface area contributed by atoms with Crippen molar-refractivity contribution in [3.8, 4) is 0 Å². The van der Waals surface area contributed by atoms with Gasteiger partial charge in [0, 0.05) is 25.2 Å². The minimum atomic E-state index is -1.08. The molecular formula is C9H11N3O3. The van der Waals surface area contributed by atoms with Crippen molar-refractivity contribution in [3.63, 3.8) is 0 Å². The van der Waals surface area contributed by atoms with Gasteiger partial charge in [0.25, 0.3) is 0 Å². The standard InChI is InChI=1S/C9H11N3O3/c1-6(13)12-8(9(14)15)4-7-2-3-10-5-11-7/h2-3,5,8H,4H2,1H3,(H,12,13)(H,14,15). The van der Waals surface area contributed by atoms with Gasteiger partial charge >= 0.3 is 5.97 Å². The highest BCUT2D eigenvalue weighted by Gasteiger charge is 2.19. The van der Waals surface area contributed by atoms with E-state index in [9.17, 15) is 9.59 Å². The third kappa shape index (κ3) is 3.72. The van der Waals surface area contributed by atoms with E-state index < -0.39 is 12.0 Å². The zero-order chi connectivity index (χ0) is 11.3. The summed E-state index contributed by atoms with van der Waals surface area (Å²) >= 11 is 0. The van der Waals surface area contributed by atoms with Gasteiger partial charge in [-0.3, -0.25) is 4.79 Å². The molecule has 80 valence electrons. The second-order valence-corrected chi connectivity index (χ2v) is 3.00. The smallest absolute Gasteiger partial charge is 0.326 e. The molecule has 1 rings (SSSR count). The Balaban J connectivity index is 2.67. The maximum atomic E-state index is 10.8. The molecule has 1 amide bonds. The fourth-order valence-corrected chi connectivity index (χ4v) is 1.09. The molecule has 0 aromatic carbocycles. The fourth-order valence-electron chi connectivity index (χ4n) is 1.09. The number of carboxylic acids is 1. The molecule has 0 bridgehead atoms. The van der Waals surface area contributed by atoms with Crippen LogP contribution in [-0.2, 0) is 16.0 Å². The zero-order valence-corrected chi connectivity index (χ0v) is 8.17. The highest BCUT2D eigenvalue weighted by Crippen LogP contribution is 1.98. The van der Waals surface area contributed by atoms with E-state index in [2.05, 4.69) is 15.3 Å². The molecule has 6 heteroatoms. The predicted molar refractivity (Wildman–Crippen MR) is 51.0 cm³/mol. The van der Waals surface area contributed by atoms with Crippen LogP contribution in [0, 0.1) is 0 Å². The van der Waals surface area contributed by atoms with Gasteiger partial charge in [-0.15, -0.1) is 0 Å². The molecule has 0 aliphatic heterocycles. The number of carbonyl (C=O) groups excluding carboxylic acids is 1. The number of hydrogen-bond acceptors (Lipinski definition) is 4. The topological polar surface area (TPSA) is 92.2 Å². The molecule has 0 fully saturated rings. The van der Waals surface area contributed by atoms with Crippen LogP contribution in [0.4, 0.5) is 0 Å². The number of rotatable bonds is 4. The highest BCUT2D eigenvalue weighted by atomic mass is 16.4. The van der Waals surface area contributed by atoms with Crippen molar-refractivity contribution in [2.45, 2.75) is 19.4 Å². The van der Waals surface area contributed by atoms with Gasteiger partial charge in [-0.05, 0) is 6.07 Å². The summed E-state index contributed by atoms with van der Waals surface area (Å²) in [5, 5.41) is 11.2. The summed E-state index contributed by atoms with van der Waals surface area (Å²) in [6.45, 7) is 1.27. The first-order valence-electron chi connectivity index (χ1n) is 4.34. The molecule has 1 heterocycles. The molecule has 0 radical (unpaired) electrons. The molecule has 6 nitrogen and oxygen atoms in total. The Kier molecular flexibility index (Phi) is 3.73. The average molecular weight is 209 g/mol. The first-order chi connectivity index (χ1) is 7.09. The van der Waals surface area contributed by atoms with E-state index in [4.69, 9.17) is 5.11 Å². The zero-order valence-electron chi connectivity index (χ0n) is 8.17. The van der Waals surface area contributed by atoms with Crippen LogP contribution in [0.15, 0.2) is 18.6 Å². The van der Waals surface area contributed by atoms with Gasteiger partial charge in [0.2, 0.25) is 5.91 Å². The first-order valence-corrected chi connectivity index (χ1v) is 4.34. The second kappa shape index (κ2) is 5.04. The lowest BCUT2D eigenvalue weighted by Crippen LogP contribution is -2.41. The monoisotopic (exact) mass is 209 g/mol. The summed E-state index contributed by atoms with van der Waals surface area (Å²) in [6, 6.07) is 0.662. The predicted octanol–water partition coefficient (Wildman–Crippen LogP) is -0.392. The molecule has 1 aromatic heterocycles. The van der Waals surface area contributed by atoms with Crippen LogP contribution in [0.25, 0.3) is 0 Å². The Morgan fingerprint density at radius 3 is 2.80 bits per heavy atom. The van der Waals surface area contributed by atoms with Crippen molar-refractivity contribution in [3.05, 3.63) is 24.3 Å². The molecule has 0 spiro atoms. The van der Waals surface area contributed by atoms with Crippen LogP contribution in [0.2, 0.25) is 0 Å². The summed E-state index contributed by atoms with van der Waals surface area (Å²) in [4.78, 5) is 29.1. The maximum Gasteiger partial charge on any atom is 0.326 e. The number of aromatic nitrogens is 2. The third-order valence-corrected chi connectivity index (χ3v) is 1.73. The number of amides is 1. The Morgan fingerprint density at radius 1 is 1.60 bits per heavy atom. The first kappa shape index (κ1) is 11.1.